The number of anilines is 1. The van der Waals surface area contributed by atoms with E-state index in [0.29, 0.717) is 15.9 Å². The Kier molecular flexibility index (Phi) is 12.0. The lowest BCUT2D eigenvalue weighted by Gasteiger charge is -2.34. The summed E-state index contributed by atoms with van der Waals surface area (Å²) < 4.78 is 70.8. The summed E-state index contributed by atoms with van der Waals surface area (Å²) in [6, 6.07) is 22.1. The summed E-state index contributed by atoms with van der Waals surface area (Å²) in [5.74, 6) is -1.29. The van der Waals surface area contributed by atoms with Crippen LogP contribution in [0.15, 0.2) is 102 Å². The van der Waals surface area contributed by atoms with Crippen LogP contribution in [0.1, 0.15) is 42.4 Å². The van der Waals surface area contributed by atoms with Crippen LogP contribution in [0.4, 0.5) is 18.9 Å². The highest BCUT2D eigenvalue weighted by Gasteiger charge is 2.38. The van der Waals surface area contributed by atoms with Crippen molar-refractivity contribution < 1.29 is 31.2 Å². The molecule has 0 heterocycles. The van der Waals surface area contributed by atoms with E-state index in [0.717, 1.165) is 43.4 Å². The fraction of sp³-hybridized carbons (Fsp3) is 0.278. The summed E-state index contributed by atoms with van der Waals surface area (Å²) >= 11 is 18.4. The summed E-state index contributed by atoms with van der Waals surface area (Å²) in [4.78, 5) is 29.7. The smallest absolute Gasteiger partial charge is 0.352 e. The van der Waals surface area contributed by atoms with Crippen LogP contribution >= 0.6 is 34.8 Å². The van der Waals surface area contributed by atoms with Gasteiger partial charge < -0.3 is 10.2 Å². The molecule has 1 atom stereocenters. The Balaban J connectivity index is 1.62. The molecule has 0 aromatic heterocycles. The summed E-state index contributed by atoms with van der Waals surface area (Å²) in [6.07, 6.45) is -1.44. The second kappa shape index (κ2) is 16.1. The highest BCUT2D eigenvalue weighted by atomic mass is 35.5. The number of nitrogens with zero attached hydrogens (tertiary/aromatic N) is 2. The quantitative estimate of drug-likeness (QED) is 0.157. The molecule has 1 aliphatic carbocycles. The fourth-order valence-electron chi connectivity index (χ4n) is 5.89. The molecule has 7 nitrogen and oxygen atoms in total. The number of carbonyl (C=O) groups is 2. The van der Waals surface area contributed by atoms with Gasteiger partial charge in [0, 0.05) is 19.0 Å². The Morgan fingerprint density at radius 1 is 0.800 bits per heavy atom. The van der Waals surface area contributed by atoms with Crippen molar-refractivity contribution in [3.05, 3.63) is 129 Å². The Hall–Kier alpha value is -3.77. The second-order valence-corrected chi connectivity index (χ2v) is 15.0. The van der Waals surface area contributed by atoms with Gasteiger partial charge in [-0.3, -0.25) is 13.9 Å². The SMILES string of the molecule is O=C(NC1CCCC1)[C@H](Cc1ccccc1)N(Cc1ccc(Cl)c(Cl)c1)C(=O)CN(c1ccc(Cl)c(C(F)(F)F)c1)S(=O)(=O)c1ccccc1. The Bertz CT molecular complexity index is 1930. The molecule has 5 rings (SSSR count). The minimum absolute atomic E-state index is 0.0665. The molecule has 14 heteroatoms. The van der Waals surface area contributed by atoms with E-state index in [1.807, 2.05) is 6.07 Å². The summed E-state index contributed by atoms with van der Waals surface area (Å²) in [5, 5.41) is 2.88. The van der Waals surface area contributed by atoms with Crippen LogP contribution in [0.25, 0.3) is 0 Å². The number of nitrogens with one attached hydrogen (secondary N) is 1. The zero-order chi connectivity index (χ0) is 36.1. The van der Waals surface area contributed by atoms with Gasteiger partial charge in [-0.15, -0.1) is 0 Å². The second-order valence-electron chi connectivity index (χ2n) is 12.0. The maximum Gasteiger partial charge on any atom is 0.417 e. The first kappa shape index (κ1) is 37.5. The molecule has 4 aromatic carbocycles. The van der Waals surface area contributed by atoms with Crippen LogP contribution in [-0.4, -0.2) is 43.8 Å². The van der Waals surface area contributed by atoms with Gasteiger partial charge in [0.2, 0.25) is 11.8 Å². The third-order valence-corrected chi connectivity index (χ3v) is 11.3. The van der Waals surface area contributed by atoms with Crippen molar-refractivity contribution in [1.82, 2.24) is 10.2 Å². The van der Waals surface area contributed by atoms with Gasteiger partial charge in [0.1, 0.15) is 12.6 Å². The molecule has 1 saturated carbocycles. The predicted octanol–water partition coefficient (Wildman–Crippen LogP) is 8.56. The number of sulfonamides is 1. The molecule has 50 heavy (non-hydrogen) atoms. The van der Waals surface area contributed by atoms with Crippen LogP contribution in [0.5, 0.6) is 0 Å². The maximum absolute atomic E-state index is 14.6. The number of alkyl halides is 3. The number of carbonyl (C=O) groups excluding carboxylic acids is 2. The average Bonchev–Trinajstić information content (AvgIpc) is 3.60. The first-order valence-corrected chi connectivity index (χ1v) is 18.3. The molecule has 1 fully saturated rings. The third-order valence-electron chi connectivity index (χ3n) is 8.46. The van der Waals surface area contributed by atoms with E-state index in [9.17, 15) is 31.2 Å². The van der Waals surface area contributed by atoms with E-state index in [-0.39, 0.29) is 33.9 Å². The van der Waals surface area contributed by atoms with Gasteiger partial charge in [-0.05, 0) is 66.4 Å². The zero-order valence-corrected chi connectivity index (χ0v) is 29.6. The van der Waals surface area contributed by atoms with E-state index < -0.39 is 56.9 Å². The fourth-order valence-corrected chi connectivity index (χ4v) is 7.86. The third kappa shape index (κ3) is 9.11. The lowest BCUT2D eigenvalue weighted by Crippen LogP contribution is -2.54. The molecule has 0 saturated heterocycles. The number of halogens is 6. The molecule has 0 radical (unpaired) electrons. The zero-order valence-electron chi connectivity index (χ0n) is 26.5. The van der Waals surface area contributed by atoms with Crippen molar-refractivity contribution in [2.24, 2.45) is 0 Å². The molecule has 0 unspecified atom stereocenters. The van der Waals surface area contributed by atoms with E-state index in [1.165, 1.54) is 41.3 Å². The van der Waals surface area contributed by atoms with Crippen molar-refractivity contribution in [3.8, 4) is 0 Å². The summed E-state index contributed by atoms with van der Waals surface area (Å²) in [7, 11) is -4.63. The normalized spacial score (nSPS) is 14.3. The van der Waals surface area contributed by atoms with Crippen molar-refractivity contribution in [2.75, 3.05) is 10.8 Å². The predicted molar refractivity (Wildman–Crippen MR) is 189 cm³/mol. The van der Waals surface area contributed by atoms with Crippen LogP contribution in [0.2, 0.25) is 15.1 Å². The minimum atomic E-state index is -4.92. The van der Waals surface area contributed by atoms with Crippen molar-refractivity contribution in [3.63, 3.8) is 0 Å². The first-order chi connectivity index (χ1) is 23.7. The monoisotopic (exact) mass is 765 g/mol. The highest BCUT2D eigenvalue weighted by molar-refractivity contribution is 7.92. The maximum atomic E-state index is 14.6. The number of hydrogen-bond donors (Lipinski definition) is 1. The van der Waals surface area contributed by atoms with Crippen LogP contribution in [-0.2, 0) is 38.8 Å². The van der Waals surface area contributed by atoms with Crippen molar-refractivity contribution >= 4 is 62.3 Å². The van der Waals surface area contributed by atoms with E-state index in [2.05, 4.69) is 5.32 Å². The Morgan fingerprint density at radius 3 is 2.04 bits per heavy atom. The van der Waals surface area contributed by atoms with Crippen molar-refractivity contribution in [2.45, 2.75) is 61.8 Å². The van der Waals surface area contributed by atoms with Crippen LogP contribution < -0.4 is 9.62 Å². The first-order valence-electron chi connectivity index (χ1n) is 15.8. The average molecular weight is 767 g/mol. The van der Waals surface area contributed by atoms with Gasteiger partial charge >= 0.3 is 6.18 Å². The topological polar surface area (TPSA) is 86.8 Å². The largest absolute Gasteiger partial charge is 0.417 e. The van der Waals surface area contributed by atoms with E-state index >= 15 is 0 Å². The molecule has 2 amide bonds. The molecule has 4 aromatic rings. The number of amides is 2. The lowest BCUT2D eigenvalue weighted by atomic mass is 10.0. The molecule has 0 bridgehead atoms. The molecule has 0 spiro atoms. The van der Waals surface area contributed by atoms with Gasteiger partial charge in [0.15, 0.2) is 0 Å². The minimum Gasteiger partial charge on any atom is -0.352 e. The molecule has 264 valence electrons. The van der Waals surface area contributed by atoms with E-state index in [1.54, 1.807) is 36.4 Å². The molecule has 1 N–H and O–H groups in total. The Morgan fingerprint density at radius 2 is 1.42 bits per heavy atom. The van der Waals surface area contributed by atoms with Crippen molar-refractivity contribution in [1.29, 1.82) is 0 Å². The molecular weight excluding hydrogens is 734 g/mol. The summed E-state index contributed by atoms with van der Waals surface area (Å²) in [6.45, 7) is -1.14. The number of rotatable bonds is 12. The van der Waals surface area contributed by atoms with Gasteiger partial charge in [-0.25, -0.2) is 8.42 Å². The number of benzene rings is 4. The van der Waals surface area contributed by atoms with Gasteiger partial charge in [-0.1, -0.05) is 102 Å². The standard InChI is InChI=1S/C36H33Cl3F3N3O4S/c37-30-18-16-27(21-29(30)36(40,41)42)45(50(48,49)28-13-5-2-6-14-28)23-34(46)44(22-25-15-17-31(38)32(39)19-25)33(20-24-9-3-1-4-10-24)35(47)43-26-11-7-8-12-26/h1-6,9-10,13-19,21,26,33H,7-8,11-12,20,22-23H2,(H,43,47)/t33-/m0/s1. The number of hydrogen-bond acceptors (Lipinski definition) is 4. The molecule has 0 aliphatic heterocycles. The van der Waals surface area contributed by atoms with Crippen LogP contribution in [0.3, 0.4) is 0 Å². The Labute approximate surface area is 304 Å². The molecular formula is C36H33Cl3F3N3O4S. The van der Waals surface area contributed by atoms with Gasteiger partial charge in [0.05, 0.1) is 31.2 Å². The van der Waals surface area contributed by atoms with Gasteiger partial charge in [-0.2, -0.15) is 13.2 Å². The highest BCUT2D eigenvalue weighted by Crippen LogP contribution is 2.38. The van der Waals surface area contributed by atoms with Crippen LogP contribution in [0, 0.1) is 0 Å². The summed E-state index contributed by atoms with van der Waals surface area (Å²) in [5.41, 5.74) is -0.499. The van der Waals surface area contributed by atoms with Gasteiger partial charge in [0.25, 0.3) is 10.0 Å². The lowest BCUT2D eigenvalue weighted by molar-refractivity contribution is -0.140. The van der Waals surface area contributed by atoms with E-state index in [4.69, 9.17) is 34.8 Å². The molecule has 1 aliphatic rings.